The molecule has 1 fully saturated rings. The summed E-state index contributed by atoms with van der Waals surface area (Å²) in [6.45, 7) is 0.129. The number of halogens is 3. The van der Waals surface area contributed by atoms with Crippen LogP contribution in [0.3, 0.4) is 0 Å². The van der Waals surface area contributed by atoms with Crippen LogP contribution in [-0.2, 0) is 16.2 Å². The van der Waals surface area contributed by atoms with Crippen molar-refractivity contribution in [3.63, 3.8) is 0 Å². The van der Waals surface area contributed by atoms with Crippen molar-refractivity contribution < 1.29 is 26.1 Å². The number of alkyl halides is 3. The summed E-state index contributed by atoms with van der Waals surface area (Å²) in [7, 11) is -4.03. The lowest BCUT2D eigenvalue weighted by molar-refractivity contribution is -0.137. The van der Waals surface area contributed by atoms with Gasteiger partial charge in [0.1, 0.15) is 0 Å². The van der Waals surface area contributed by atoms with Crippen LogP contribution in [-0.4, -0.2) is 36.0 Å². The molecule has 1 aliphatic heterocycles. The summed E-state index contributed by atoms with van der Waals surface area (Å²) in [6.07, 6.45) is -4.61. The van der Waals surface area contributed by atoms with Crippen LogP contribution in [0.5, 0.6) is 0 Å². The van der Waals surface area contributed by atoms with Crippen LogP contribution in [0.15, 0.2) is 64.0 Å². The normalized spacial score (nSPS) is 16.1. The van der Waals surface area contributed by atoms with E-state index in [1.165, 1.54) is 0 Å². The zero-order valence-electron chi connectivity index (χ0n) is 14.3. The first-order chi connectivity index (χ1) is 13.2. The number of aromatic nitrogens is 2. The van der Waals surface area contributed by atoms with E-state index in [0.29, 0.717) is 17.8 Å². The maximum atomic E-state index is 12.8. The lowest BCUT2D eigenvalue weighted by Crippen LogP contribution is -2.48. The van der Waals surface area contributed by atoms with E-state index in [9.17, 15) is 21.6 Å². The van der Waals surface area contributed by atoms with Crippen LogP contribution in [0, 0.1) is 0 Å². The number of nitrogens with zero attached hydrogens (tertiary/aromatic N) is 3. The lowest BCUT2D eigenvalue weighted by Gasteiger charge is -2.35. The maximum Gasteiger partial charge on any atom is 0.416 e. The minimum Gasteiger partial charge on any atom is -0.339 e. The summed E-state index contributed by atoms with van der Waals surface area (Å²) in [5, 5.41) is 3.89. The molecule has 146 valence electrons. The van der Waals surface area contributed by atoms with E-state index >= 15 is 0 Å². The van der Waals surface area contributed by atoms with Gasteiger partial charge in [0.05, 0.1) is 16.4 Å². The van der Waals surface area contributed by atoms with Gasteiger partial charge in [0.2, 0.25) is 21.7 Å². The zero-order valence-corrected chi connectivity index (χ0v) is 15.1. The summed E-state index contributed by atoms with van der Waals surface area (Å²) in [5.41, 5.74) is -0.236. The van der Waals surface area contributed by atoms with Gasteiger partial charge in [-0.3, -0.25) is 0 Å². The molecule has 6 nitrogen and oxygen atoms in total. The van der Waals surface area contributed by atoms with Crippen LogP contribution in [0.25, 0.3) is 11.4 Å². The fourth-order valence-electron chi connectivity index (χ4n) is 2.88. The van der Waals surface area contributed by atoms with Gasteiger partial charge in [0.25, 0.3) is 0 Å². The Morgan fingerprint density at radius 1 is 1.04 bits per heavy atom. The van der Waals surface area contributed by atoms with E-state index in [0.717, 1.165) is 28.1 Å². The molecule has 0 spiro atoms. The van der Waals surface area contributed by atoms with Gasteiger partial charge < -0.3 is 4.52 Å². The molecule has 0 saturated carbocycles. The first-order valence-corrected chi connectivity index (χ1v) is 9.75. The van der Waals surface area contributed by atoms with E-state index in [4.69, 9.17) is 4.52 Å². The molecule has 0 amide bonds. The second-order valence-electron chi connectivity index (χ2n) is 6.37. The predicted molar refractivity (Wildman–Crippen MR) is 92.7 cm³/mol. The molecule has 0 aliphatic carbocycles. The van der Waals surface area contributed by atoms with E-state index in [1.807, 2.05) is 30.3 Å². The van der Waals surface area contributed by atoms with Gasteiger partial charge >= 0.3 is 6.18 Å². The summed E-state index contributed by atoms with van der Waals surface area (Å²) >= 11 is 0. The Hall–Kier alpha value is -2.72. The topological polar surface area (TPSA) is 76.3 Å². The standard InChI is InChI=1S/C18H14F3N3O3S/c19-18(20,21)14-7-4-8-15(9-14)28(25,26)24-10-13(11-24)17-22-16(23-27-17)12-5-2-1-3-6-12/h1-9,13H,10-11H2. The molecule has 0 bridgehead atoms. The highest BCUT2D eigenvalue weighted by atomic mass is 32.2. The fraction of sp³-hybridized carbons (Fsp3) is 0.222. The van der Waals surface area contributed by atoms with Crippen LogP contribution in [0.2, 0.25) is 0 Å². The third-order valence-corrected chi connectivity index (χ3v) is 6.30. The van der Waals surface area contributed by atoms with Gasteiger partial charge in [-0.25, -0.2) is 8.42 Å². The molecule has 4 rings (SSSR count). The van der Waals surface area contributed by atoms with Gasteiger partial charge in [-0.15, -0.1) is 0 Å². The van der Waals surface area contributed by atoms with Crippen molar-refractivity contribution in [3.8, 4) is 11.4 Å². The average molecular weight is 409 g/mol. The molecule has 10 heteroatoms. The Morgan fingerprint density at radius 3 is 2.43 bits per heavy atom. The molecule has 0 unspecified atom stereocenters. The van der Waals surface area contributed by atoms with Gasteiger partial charge in [0.15, 0.2) is 0 Å². The smallest absolute Gasteiger partial charge is 0.339 e. The van der Waals surface area contributed by atoms with Crippen molar-refractivity contribution in [2.75, 3.05) is 13.1 Å². The zero-order chi connectivity index (χ0) is 19.9. The SMILES string of the molecule is O=S(=O)(c1cccc(C(F)(F)F)c1)N1CC(c2nc(-c3ccccc3)no2)C1. The van der Waals surface area contributed by atoms with E-state index in [2.05, 4.69) is 10.1 Å². The molecule has 28 heavy (non-hydrogen) atoms. The average Bonchev–Trinajstić information content (AvgIpc) is 3.10. The van der Waals surface area contributed by atoms with E-state index < -0.39 is 26.7 Å². The number of benzene rings is 2. The second-order valence-corrected chi connectivity index (χ2v) is 8.30. The Kier molecular flexibility index (Phi) is 4.47. The molecule has 0 N–H and O–H groups in total. The number of sulfonamides is 1. The molecule has 0 radical (unpaired) electrons. The molecular formula is C18H14F3N3O3S. The fourth-order valence-corrected chi connectivity index (χ4v) is 4.46. The Labute approximate surface area is 158 Å². The van der Waals surface area contributed by atoms with Crippen molar-refractivity contribution >= 4 is 10.0 Å². The van der Waals surface area contributed by atoms with Crippen LogP contribution < -0.4 is 0 Å². The Bertz CT molecular complexity index is 1090. The number of hydrogen-bond acceptors (Lipinski definition) is 5. The van der Waals surface area contributed by atoms with Crippen molar-refractivity contribution in [3.05, 3.63) is 66.1 Å². The summed E-state index contributed by atoms with van der Waals surface area (Å²) in [4.78, 5) is 3.90. The Balaban J connectivity index is 1.49. The third kappa shape index (κ3) is 3.40. The number of hydrogen-bond donors (Lipinski definition) is 0. The van der Waals surface area contributed by atoms with Crippen molar-refractivity contribution in [2.24, 2.45) is 0 Å². The van der Waals surface area contributed by atoms with E-state index in [-0.39, 0.29) is 19.0 Å². The number of rotatable bonds is 4. The van der Waals surface area contributed by atoms with Crippen LogP contribution >= 0.6 is 0 Å². The molecular weight excluding hydrogens is 395 g/mol. The first-order valence-electron chi connectivity index (χ1n) is 8.31. The molecule has 3 aromatic rings. The summed E-state index contributed by atoms with van der Waals surface area (Å²) in [5.74, 6) is 0.398. The molecule has 0 atom stereocenters. The van der Waals surface area contributed by atoms with Crippen LogP contribution in [0.1, 0.15) is 17.4 Å². The van der Waals surface area contributed by atoms with Gasteiger partial charge in [0, 0.05) is 18.7 Å². The molecule has 1 aromatic heterocycles. The van der Waals surface area contributed by atoms with Gasteiger partial charge in [-0.1, -0.05) is 41.6 Å². The highest BCUT2D eigenvalue weighted by Crippen LogP contribution is 2.34. The second kappa shape index (κ2) is 6.71. The lowest BCUT2D eigenvalue weighted by atomic mass is 10.0. The highest BCUT2D eigenvalue weighted by molar-refractivity contribution is 7.89. The summed E-state index contributed by atoms with van der Waals surface area (Å²) < 4.78 is 70.0. The van der Waals surface area contributed by atoms with Crippen molar-refractivity contribution in [1.29, 1.82) is 0 Å². The third-order valence-electron chi connectivity index (χ3n) is 4.47. The Morgan fingerprint density at radius 2 is 1.75 bits per heavy atom. The minimum absolute atomic E-state index is 0.0645. The first kappa shape index (κ1) is 18.6. The summed E-state index contributed by atoms with van der Waals surface area (Å²) in [6, 6.07) is 12.9. The van der Waals surface area contributed by atoms with Crippen molar-refractivity contribution in [2.45, 2.75) is 17.0 Å². The van der Waals surface area contributed by atoms with E-state index in [1.54, 1.807) is 0 Å². The van der Waals surface area contributed by atoms with Crippen molar-refractivity contribution in [1.82, 2.24) is 14.4 Å². The highest BCUT2D eigenvalue weighted by Gasteiger charge is 2.41. The molecule has 2 heterocycles. The molecule has 1 aliphatic rings. The molecule has 2 aromatic carbocycles. The quantitative estimate of drug-likeness (QED) is 0.659. The minimum atomic E-state index is -4.61. The molecule has 1 saturated heterocycles. The van der Waals surface area contributed by atoms with Gasteiger partial charge in [-0.2, -0.15) is 22.5 Å². The van der Waals surface area contributed by atoms with Crippen LogP contribution in [0.4, 0.5) is 13.2 Å². The largest absolute Gasteiger partial charge is 0.416 e. The monoisotopic (exact) mass is 409 g/mol. The predicted octanol–water partition coefficient (Wildman–Crippen LogP) is 3.54. The van der Waals surface area contributed by atoms with Gasteiger partial charge in [-0.05, 0) is 18.2 Å². The maximum absolute atomic E-state index is 12.8.